The van der Waals surface area contributed by atoms with E-state index in [2.05, 4.69) is 5.29 Å². The SMILES string of the molecule is COC(=O)[C@@H]1[C@H](C(=O)OC)[C@H]2c3ccccc3[C@@H]1N2N=O. The number of rotatable bonds is 3. The van der Waals surface area contributed by atoms with Gasteiger partial charge in [0.1, 0.15) is 0 Å². The maximum absolute atomic E-state index is 12.1. The largest absolute Gasteiger partial charge is 0.469 e. The van der Waals surface area contributed by atoms with Gasteiger partial charge >= 0.3 is 11.9 Å². The number of nitroso groups, excluding NO2 is 1. The highest BCUT2D eigenvalue weighted by Crippen LogP contribution is 2.59. The normalized spacial score (nSPS) is 29.0. The first-order valence-corrected chi connectivity index (χ1v) is 6.51. The van der Waals surface area contributed by atoms with Crippen molar-refractivity contribution in [2.24, 2.45) is 17.1 Å². The van der Waals surface area contributed by atoms with Crippen molar-refractivity contribution in [2.75, 3.05) is 14.2 Å². The summed E-state index contributed by atoms with van der Waals surface area (Å²) in [6.07, 6.45) is 0. The van der Waals surface area contributed by atoms with Gasteiger partial charge in [0.15, 0.2) is 0 Å². The predicted molar refractivity (Wildman–Crippen MR) is 70.6 cm³/mol. The summed E-state index contributed by atoms with van der Waals surface area (Å²) in [6, 6.07) is 6.15. The van der Waals surface area contributed by atoms with Crippen molar-refractivity contribution in [3.63, 3.8) is 0 Å². The molecule has 1 saturated heterocycles. The molecular weight excluding hydrogens is 276 g/mol. The number of methoxy groups -OCH3 is 2. The summed E-state index contributed by atoms with van der Waals surface area (Å²) >= 11 is 0. The Morgan fingerprint density at radius 2 is 1.43 bits per heavy atom. The van der Waals surface area contributed by atoms with Crippen LogP contribution in [0.25, 0.3) is 0 Å². The Morgan fingerprint density at radius 1 is 1.00 bits per heavy atom. The lowest BCUT2D eigenvalue weighted by Crippen LogP contribution is -2.35. The molecule has 2 aliphatic rings. The molecule has 0 spiro atoms. The van der Waals surface area contributed by atoms with Crippen LogP contribution >= 0.6 is 0 Å². The van der Waals surface area contributed by atoms with Gasteiger partial charge in [-0.15, -0.1) is 4.91 Å². The molecule has 110 valence electrons. The van der Waals surface area contributed by atoms with E-state index in [1.54, 1.807) is 0 Å². The van der Waals surface area contributed by atoms with Crippen LogP contribution in [0.5, 0.6) is 0 Å². The monoisotopic (exact) mass is 290 g/mol. The van der Waals surface area contributed by atoms with Crippen LogP contribution in [-0.4, -0.2) is 31.2 Å². The third-order valence-corrected chi connectivity index (χ3v) is 4.31. The van der Waals surface area contributed by atoms with Crippen LogP contribution in [0.2, 0.25) is 0 Å². The predicted octanol–water partition coefficient (Wildman–Crippen LogP) is 1.36. The number of carbonyl (C=O) groups excluding carboxylic acids is 2. The third-order valence-electron chi connectivity index (χ3n) is 4.31. The number of fused-ring (bicyclic) bond motifs is 5. The average molecular weight is 290 g/mol. The van der Waals surface area contributed by atoms with E-state index in [-0.39, 0.29) is 0 Å². The summed E-state index contributed by atoms with van der Waals surface area (Å²) in [5.74, 6) is -2.66. The van der Waals surface area contributed by atoms with Gasteiger partial charge in [-0.1, -0.05) is 24.3 Å². The highest BCUT2D eigenvalue weighted by atomic mass is 16.5. The van der Waals surface area contributed by atoms with Crippen molar-refractivity contribution < 1.29 is 19.1 Å². The van der Waals surface area contributed by atoms with Crippen LogP contribution in [0.15, 0.2) is 29.6 Å². The van der Waals surface area contributed by atoms with Crippen molar-refractivity contribution in [1.82, 2.24) is 5.01 Å². The quantitative estimate of drug-likeness (QED) is 0.617. The molecule has 2 heterocycles. The molecule has 0 saturated carbocycles. The third kappa shape index (κ3) is 1.66. The highest BCUT2D eigenvalue weighted by molar-refractivity contribution is 5.85. The number of hydrogen-bond acceptors (Lipinski definition) is 6. The molecular formula is C14H14N2O5. The van der Waals surface area contributed by atoms with Gasteiger partial charge in [-0.25, -0.2) is 5.01 Å². The lowest BCUT2D eigenvalue weighted by Gasteiger charge is -2.26. The first-order valence-electron chi connectivity index (χ1n) is 6.51. The van der Waals surface area contributed by atoms with E-state index in [9.17, 15) is 14.5 Å². The maximum Gasteiger partial charge on any atom is 0.312 e. The van der Waals surface area contributed by atoms with Crippen molar-refractivity contribution in [3.8, 4) is 0 Å². The summed E-state index contributed by atoms with van der Waals surface area (Å²) in [7, 11) is 2.51. The van der Waals surface area contributed by atoms with Gasteiger partial charge in [0.05, 0.1) is 43.4 Å². The second-order valence-electron chi connectivity index (χ2n) is 5.08. The van der Waals surface area contributed by atoms with Crippen molar-refractivity contribution >= 4 is 11.9 Å². The van der Waals surface area contributed by atoms with Crippen molar-refractivity contribution in [3.05, 3.63) is 40.3 Å². The standard InChI is InChI=1S/C14H14N2O5/c1-20-13(17)9-10(14(18)21-2)12-8-6-4-3-5-7(8)11(9)16(12)15-19/h3-6,9-12H,1-2H3/t9-,10+,11+,12-. The highest BCUT2D eigenvalue weighted by Gasteiger charge is 2.63. The number of hydrogen-bond donors (Lipinski definition) is 0. The second-order valence-corrected chi connectivity index (χ2v) is 5.08. The van der Waals surface area contributed by atoms with E-state index in [0.29, 0.717) is 0 Å². The minimum atomic E-state index is -0.792. The molecule has 0 N–H and O–H groups in total. The molecule has 0 radical (unpaired) electrons. The average Bonchev–Trinajstić information content (AvgIpc) is 3.03. The Kier molecular flexibility index (Phi) is 3.12. The smallest absolute Gasteiger partial charge is 0.312 e. The van der Waals surface area contributed by atoms with Gasteiger partial charge in [0.25, 0.3) is 0 Å². The molecule has 7 heteroatoms. The van der Waals surface area contributed by atoms with Gasteiger partial charge in [0, 0.05) is 0 Å². The summed E-state index contributed by atoms with van der Waals surface area (Å²) in [4.78, 5) is 35.4. The molecule has 0 amide bonds. The molecule has 21 heavy (non-hydrogen) atoms. The molecule has 0 aliphatic carbocycles. The number of ether oxygens (including phenoxy) is 2. The minimum Gasteiger partial charge on any atom is -0.469 e. The topological polar surface area (TPSA) is 85.3 Å². The van der Waals surface area contributed by atoms with Gasteiger partial charge in [-0.05, 0) is 11.1 Å². The first kappa shape index (κ1) is 13.5. The Labute approximate surface area is 120 Å². The maximum atomic E-state index is 12.1. The van der Waals surface area contributed by atoms with E-state index in [1.807, 2.05) is 24.3 Å². The van der Waals surface area contributed by atoms with Crippen LogP contribution in [0.3, 0.4) is 0 Å². The summed E-state index contributed by atoms with van der Waals surface area (Å²) < 4.78 is 9.60. The molecule has 1 fully saturated rings. The fourth-order valence-electron chi connectivity index (χ4n) is 3.54. The first-order chi connectivity index (χ1) is 10.2. The molecule has 7 nitrogen and oxygen atoms in total. The number of esters is 2. The summed E-state index contributed by atoms with van der Waals surface area (Å²) in [5.41, 5.74) is 1.66. The fraction of sp³-hybridized carbons (Fsp3) is 0.429. The molecule has 1 aromatic carbocycles. The molecule has 2 bridgehead atoms. The summed E-state index contributed by atoms with van der Waals surface area (Å²) in [5, 5.41) is 4.30. The Morgan fingerprint density at radius 3 is 1.76 bits per heavy atom. The van der Waals surface area contributed by atoms with Gasteiger partial charge < -0.3 is 9.47 Å². The number of carbonyl (C=O) groups is 2. The van der Waals surface area contributed by atoms with E-state index in [0.717, 1.165) is 11.1 Å². The van der Waals surface area contributed by atoms with E-state index >= 15 is 0 Å². The number of benzene rings is 1. The van der Waals surface area contributed by atoms with E-state index in [1.165, 1.54) is 19.2 Å². The lowest BCUT2D eigenvalue weighted by molar-refractivity contribution is -0.157. The Balaban J connectivity index is 2.16. The van der Waals surface area contributed by atoms with E-state index in [4.69, 9.17) is 9.47 Å². The summed E-state index contributed by atoms with van der Waals surface area (Å²) in [6.45, 7) is 0. The molecule has 2 aliphatic heterocycles. The second kappa shape index (κ2) is 4.83. The Hall–Kier alpha value is -2.44. The zero-order valence-corrected chi connectivity index (χ0v) is 11.6. The zero-order chi connectivity index (χ0) is 15.1. The van der Waals surface area contributed by atoms with Crippen LogP contribution < -0.4 is 0 Å². The zero-order valence-electron chi connectivity index (χ0n) is 11.6. The molecule has 4 atom stereocenters. The molecule has 3 rings (SSSR count). The van der Waals surface area contributed by atoms with E-state index < -0.39 is 35.9 Å². The van der Waals surface area contributed by atoms with Crippen LogP contribution in [0.1, 0.15) is 23.2 Å². The molecule has 0 unspecified atom stereocenters. The van der Waals surface area contributed by atoms with Crippen molar-refractivity contribution in [2.45, 2.75) is 12.1 Å². The number of nitrogens with zero attached hydrogens (tertiary/aromatic N) is 2. The fourth-order valence-corrected chi connectivity index (χ4v) is 3.54. The minimum absolute atomic E-state index is 0.541. The van der Waals surface area contributed by atoms with Crippen LogP contribution in [0.4, 0.5) is 0 Å². The Bertz CT molecular complexity index is 568. The van der Waals surface area contributed by atoms with Crippen LogP contribution in [-0.2, 0) is 19.1 Å². The lowest BCUT2D eigenvalue weighted by atomic mass is 9.76. The van der Waals surface area contributed by atoms with Crippen LogP contribution in [0, 0.1) is 16.7 Å². The van der Waals surface area contributed by atoms with Crippen molar-refractivity contribution in [1.29, 1.82) is 0 Å². The molecule has 1 aromatic rings. The van der Waals surface area contributed by atoms with Gasteiger partial charge in [-0.3, -0.25) is 9.59 Å². The molecule has 0 aromatic heterocycles. The van der Waals surface area contributed by atoms with Gasteiger partial charge in [0.2, 0.25) is 0 Å². The van der Waals surface area contributed by atoms with Gasteiger partial charge in [-0.2, -0.15) is 0 Å².